The molecule has 0 aromatic carbocycles. The maximum atomic E-state index is 5.47. The Morgan fingerprint density at radius 3 is 3.15 bits per heavy atom. The van der Waals surface area contributed by atoms with Crippen LogP contribution in [0.25, 0.3) is 0 Å². The van der Waals surface area contributed by atoms with Crippen LogP contribution in [0.1, 0.15) is 19.8 Å². The Morgan fingerprint density at radius 1 is 1.62 bits per heavy atom. The molecule has 1 unspecified atom stereocenters. The van der Waals surface area contributed by atoms with Crippen molar-refractivity contribution in [2.24, 2.45) is 4.99 Å². The van der Waals surface area contributed by atoms with Gasteiger partial charge in [0.2, 0.25) is 0 Å². The molecule has 1 N–H and O–H groups in total. The maximum Gasteiger partial charge on any atom is 0.157 e. The number of amidine groups is 1. The summed E-state index contributed by atoms with van der Waals surface area (Å²) in [7, 11) is 0. The summed E-state index contributed by atoms with van der Waals surface area (Å²) >= 11 is 1.82. The molecular weight excluding hydrogens is 184 g/mol. The lowest BCUT2D eigenvalue weighted by Gasteiger charge is -2.34. The summed E-state index contributed by atoms with van der Waals surface area (Å²) in [6.45, 7) is 4.90. The minimum atomic E-state index is 0.119. The van der Waals surface area contributed by atoms with Gasteiger partial charge in [-0.1, -0.05) is 11.8 Å². The summed E-state index contributed by atoms with van der Waals surface area (Å²) in [5.74, 6) is 1.12. The van der Waals surface area contributed by atoms with Gasteiger partial charge in [-0.3, -0.25) is 4.99 Å². The number of hydrogen-bond acceptors (Lipinski definition) is 4. The van der Waals surface area contributed by atoms with Crippen molar-refractivity contribution in [3.8, 4) is 0 Å². The van der Waals surface area contributed by atoms with E-state index in [0.29, 0.717) is 0 Å². The molecule has 2 heterocycles. The Kier molecular flexibility index (Phi) is 2.79. The number of rotatable bonds is 1. The first-order chi connectivity index (χ1) is 6.29. The van der Waals surface area contributed by atoms with Crippen molar-refractivity contribution < 1.29 is 4.74 Å². The maximum absolute atomic E-state index is 5.47. The first kappa shape index (κ1) is 9.34. The van der Waals surface area contributed by atoms with E-state index in [1.54, 1.807) is 0 Å². The molecule has 74 valence electrons. The van der Waals surface area contributed by atoms with Gasteiger partial charge >= 0.3 is 0 Å². The molecule has 0 amide bonds. The zero-order chi connectivity index (χ0) is 9.15. The minimum absolute atomic E-state index is 0.119. The summed E-state index contributed by atoms with van der Waals surface area (Å²) in [6, 6.07) is 0. The molecule has 0 aromatic rings. The van der Waals surface area contributed by atoms with Crippen LogP contribution in [0.4, 0.5) is 0 Å². The van der Waals surface area contributed by atoms with E-state index in [4.69, 9.17) is 4.74 Å². The van der Waals surface area contributed by atoms with Gasteiger partial charge in [0.25, 0.3) is 0 Å². The monoisotopic (exact) mass is 200 g/mol. The van der Waals surface area contributed by atoms with Crippen molar-refractivity contribution in [2.45, 2.75) is 25.3 Å². The third kappa shape index (κ3) is 2.38. The van der Waals surface area contributed by atoms with E-state index >= 15 is 0 Å². The van der Waals surface area contributed by atoms with Crippen LogP contribution in [0.15, 0.2) is 4.99 Å². The second kappa shape index (κ2) is 3.88. The lowest BCUT2D eigenvalue weighted by Crippen LogP contribution is -2.50. The molecule has 0 aliphatic carbocycles. The average molecular weight is 200 g/mol. The Balaban J connectivity index is 1.90. The summed E-state index contributed by atoms with van der Waals surface area (Å²) in [4.78, 5) is 4.39. The second-order valence-corrected chi connectivity index (χ2v) is 4.96. The van der Waals surface area contributed by atoms with Crippen LogP contribution in [0, 0.1) is 0 Å². The van der Waals surface area contributed by atoms with Crippen molar-refractivity contribution in [3.63, 3.8) is 0 Å². The van der Waals surface area contributed by atoms with Gasteiger partial charge in [0.15, 0.2) is 5.17 Å². The van der Waals surface area contributed by atoms with Gasteiger partial charge in [-0.2, -0.15) is 0 Å². The molecule has 2 rings (SSSR count). The molecule has 0 saturated carbocycles. The number of ether oxygens (including phenoxy) is 1. The molecule has 0 radical (unpaired) electrons. The first-order valence-electron chi connectivity index (χ1n) is 4.82. The highest BCUT2D eigenvalue weighted by Gasteiger charge is 2.29. The number of thioether (sulfide) groups is 1. The fraction of sp³-hybridized carbons (Fsp3) is 0.889. The van der Waals surface area contributed by atoms with Crippen LogP contribution >= 0.6 is 11.8 Å². The fourth-order valence-electron chi connectivity index (χ4n) is 1.70. The quantitative estimate of drug-likeness (QED) is 0.691. The van der Waals surface area contributed by atoms with E-state index in [1.807, 2.05) is 11.8 Å². The van der Waals surface area contributed by atoms with Gasteiger partial charge < -0.3 is 10.1 Å². The van der Waals surface area contributed by atoms with Gasteiger partial charge in [0, 0.05) is 12.4 Å². The lowest BCUT2D eigenvalue weighted by atomic mass is 9.95. The van der Waals surface area contributed by atoms with Crippen LogP contribution in [-0.2, 0) is 4.74 Å². The van der Waals surface area contributed by atoms with Crippen LogP contribution in [-0.4, -0.2) is 36.2 Å². The highest BCUT2D eigenvalue weighted by Crippen LogP contribution is 2.21. The molecular formula is C9H16N2OS. The van der Waals surface area contributed by atoms with Crippen molar-refractivity contribution in [2.75, 3.05) is 25.5 Å². The first-order valence-corrected chi connectivity index (χ1v) is 5.80. The third-order valence-electron chi connectivity index (χ3n) is 2.43. The zero-order valence-corrected chi connectivity index (χ0v) is 8.82. The summed E-state index contributed by atoms with van der Waals surface area (Å²) in [5.41, 5.74) is 0.119. The van der Waals surface area contributed by atoms with Crippen LogP contribution in [0.2, 0.25) is 0 Å². The van der Waals surface area contributed by atoms with Crippen molar-refractivity contribution in [1.82, 2.24) is 5.32 Å². The van der Waals surface area contributed by atoms with Crippen molar-refractivity contribution in [1.29, 1.82) is 0 Å². The minimum Gasteiger partial charge on any atom is -0.379 e. The molecule has 2 aliphatic rings. The Labute approximate surface area is 83.3 Å². The lowest BCUT2D eigenvalue weighted by molar-refractivity contribution is 0.0375. The SMILES string of the molecule is CC1(NC2=NCCS2)CCCOC1. The van der Waals surface area contributed by atoms with E-state index < -0.39 is 0 Å². The third-order valence-corrected chi connectivity index (χ3v) is 3.32. The summed E-state index contributed by atoms with van der Waals surface area (Å²) in [6.07, 6.45) is 2.34. The second-order valence-electron chi connectivity index (χ2n) is 3.88. The van der Waals surface area contributed by atoms with E-state index in [9.17, 15) is 0 Å². The van der Waals surface area contributed by atoms with Crippen LogP contribution in [0.5, 0.6) is 0 Å². The fourth-order valence-corrected chi connectivity index (χ4v) is 2.58. The smallest absolute Gasteiger partial charge is 0.157 e. The number of aliphatic imine (C=N–C) groups is 1. The van der Waals surface area contributed by atoms with Gasteiger partial charge in [-0.05, 0) is 19.8 Å². The van der Waals surface area contributed by atoms with E-state index in [2.05, 4.69) is 17.2 Å². The number of hydrogen-bond donors (Lipinski definition) is 1. The highest BCUT2D eigenvalue weighted by molar-refractivity contribution is 8.14. The average Bonchev–Trinajstić information content (AvgIpc) is 2.57. The summed E-state index contributed by atoms with van der Waals surface area (Å²) in [5, 5.41) is 4.59. The Bertz CT molecular complexity index is 212. The van der Waals surface area contributed by atoms with Gasteiger partial charge in [0.05, 0.1) is 18.7 Å². The molecule has 0 aromatic heterocycles. The van der Waals surface area contributed by atoms with Crippen molar-refractivity contribution >= 4 is 16.9 Å². The van der Waals surface area contributed by atoms with Gasteiger partial charge in [-0.15, -0.1) is 0 Å². The van der Waals surface area contributed by atoms with E-state index in [-0.39, 0.29) is 5.54 Å². The highest BCUT2D eigenvalue weighted by atomic mass is 32.2. The molecule has 2 aliphatic heterocycles. The predicted molar refractivity (Wildman–Crippen MR) is 56.4 cm³/mol. The van der Waals surface area contributed by atoms with Gasteiger partial charge in [0.1, 0.15) is 0 Å². The molecule has 0 spiro atoms. The Hall–Kier alpha value is -0.220. The topological polar surface area (TPSA) is 33.6 Å². The standard InChI is InChI=1S/C9H16N2OS/c1-9(3-2-5-12-7-9)11-8-10-4-6-13-8/h2-7H2,1H3,(H,10,11). The van der Waals surface area contributed by atoms with Crippen LogP contribution in [0.3, 0.4) is 0 Å². The molecule has 1 atom stereocenters. The molecule has 4 heteroatoms. The van der Waals surface area contributed by atoms with Crippen molar-refractivity contribution in [3.05, 3.63) is 0 Å². The van der Waals surface area contributed by atoms with E-state index in [0.717, 1.165) is 37.1 Å². The molecule has 3 nitrogen and oxygen atoms in total. The predicted octanol–water partition coefficient (Wildman–Crippen LogP) is 1.25. The normalized spacial score (nSPS) is 34.4. The summed E-state index contributed by atoms with van der Waals surface area (Å²) < 4.78 is 5.47. The molecule has 0 bridgehead atoms. The number of nitrogens with one attached hydrogen (secondary N) is 1. The van der Waals surface area contributed by atoms with Crippen LogP contribution < -0.4 is 5.32 Å². The molecule has 1 fully saturated rings. The largest absolute Gasteiger partial charge is 0.379 e. The molecule has 13 heavy (non-hydrogen) atoms. The molecule has 1 saturated heterocycles. The van der Waals surface area contributed by atoms with Gasteiger partial charge in [-0.25, -0.2) is 0 Å². The Morgan fingerprint density at radius 2 is 2.54 bits per heavy atom. The zero-order valence-electron chi connectivity index (χ0n) is 8.01. The number of nitrogens with zero attached hydrogens (tertiary/aromatic N) is 1. The van der Waals surface area contributed by atoms with E-state index in [1.165, 1.54) is 6.42 Å².